The molecule has 0 unspecified atom stereocenters. The number of hydrogen-bond donors (Lipinski definition) is 0. The van der Waals surface area contributed by atoms with Crippen molar-refractivity contribution in [2.24, 2.45) is 0 Å². The van der Waals surface area contributed by atoms with E-state index in [-0.39, 0.29) is 39.4 Å². The van der Waals surface area contributed by atoms with Crippen molar-refractivity contribution in [1.29, 1.82) is 0 Å². The van der Waals surface area contributed by atoms with Crippen LogP contribution in [-0.2, 0) is 28.5 Å². The first-order valence-electron chi connectivity index (χ1n) is 17.2. The molecule has 286 valence electrons. The minimum atomic E-state index is -0.942. The molecule has 16 heteroatoms. The van der Waals surface area contributed by atoms with Gasteiger partial charge in [0.15, 0.2) is 19.0 Å². The topological polar surface area (TPSA) is 189 Å². The zero-order valence-corrected chi connectivity index (χ0v) is 31.6. The van der Waals surface area contributed by atoms with E-state index in [4.69, 9.17) is 30.5 Å². The summed E-state index contributed by atoms with van der Waals surface area (Å²) in [5.74, 6) is -2.83. The number of nitro benzene ring substituents is 1. The Morgan fingerprint density at radius 1 is 0.792 bits per heavy atom. The Hall–Kier alpha value is -5.05. The van der Waals surface area contributed by atoms with Gasteiger partial charge in [0.25, 0.3) is 5.69 Å². The lowest BCUT2D eigenvalue weighted by Gasteiger charge is -2.27. The van der Waals surface area contributed by atoms with E-state index in [9.17, 15) is 38.9 Å². The maximum absolute atomic E-state index is 13.2. The Labute approximate surface area is 311 Å². The second-order valence-corrected chi connectivity index (χ2v) is 15.2. The van der Waals surface area contributed by atoms with Crippen LogP contribution < -0.4 is 0 Å². The van der Waals surface area contributed by atoms with Crippen LogP contribution in [0.15, 0.2) is 30.3 Å². The second kappa shape index (κ2) is 16.3. The standard InChI is InChI=1S/C37H44ClN3O12/c1-21-24(29(43)20-51-33(45)27-11-9-17-40(27)35(47)53-37(5,6)7)18-25(38)30(31(21)41(48)49)23-14-12-22(13-15-23)28(42)19-50-32(44)26-10-8-16-39(26)34(46)52-36(2,3)4/h12-15,18,26-27H,8-11,16-17,19-20H2,1-7H3/t26-,27-/m0/s1. The highest BCUT2D eigenvalue weighted by Crippen LogP contribution is 2.41. The maximum Gasteiger partial charge on any atom is 0.411 e. The van der Waals surface area contributed by atoms with E-state index in [1.807, 2.05) is 0 Å². The summed E-state index contributed by atoms with van der Waals surface area (Å²) in [5.41, 5.74) is -1.72. The quantitative estimate of drug-likeness (QED) is 0.0845. The molecule has 0 saturated carbocycles. The highest BCUT2D eigenvalue weighted by atomic mass is 35.5. The van der Waals surface area contributed by atoms with Crippen LogP contribution in [0.5, 0.6) is 0 Å². The molecule has 0 aliphatic carbocycles. The number of hydrogen-bond acceptors (Lipinski definition) is 12. The fourth-order valence-corrected chi connectivity index (χ4v) is 6.39. The Morgan fingerprint density at radius 3 is 1.68 bits per heavy atom. The summed E-state index contributed by atoms with van der Waals surface area (Å²) in [6.45, 7) is 10.9. The van der Waals surface area contributed by atoms with Crippen molar-refractivity contribution in [3.05, 3.63) is 62.2 Å². The Morgan fingerprint density at radius 2 is 1.25 bits per heavy atom. The van der Waals surface area contributed by atoms with Gasteiger partial charge in [-0.15, -0.1) is 0 Å². The molecule has 2 saturated heterocycles. The molecule has 2 aromatic rings. The van der Waals surface area contributed by atoms with Crippen molar-refractivity contribution in [1.82, 2.24) is 9.80 Å². The summed E-state index contributed by atoms with van der Waals surface area (Å²) >= 11 is 6.54. The number of likely N-dealkylation sites (tertiary alicyclic amines) is 2. The number of nitro groups is 1. The van der Waals surface area contributed by atoms with Gasteiger partial charge in [0, 0.05) is 29.8 Å². The summed E-state index contributed by atoms with van der Waals surface area (Å²) in [7, 11) is 0. The molecule has 0 radical (unpaired) electrons. The molecular formula is C37H44ClN3O12. The normalized spacial score (nSPS) is 17.3. The van der Waals surface area contributed by atoms with E-state index in [0.29, 0.717) is 32.2 Å². The average Bonchev–Trinajstić information content (AvgIpc) is 3.76. The molecule has 2 atom stereocenters. The van der Waals surface area contributed by atoms with E-state index in [1.54, 1.807) is 41.5 Å². The zero-order chi connectivity index (χ0) is 39.4. The Bertz CT molecular complexity index is 1800. The number of ketones is 2. The lowest BCUT2D eigenvalue weighted by molar-refractivity contribution is -0.384. The van der Waals surface area contributed by atoms with Crippen LogP contribution in [0.4, 0.5) is 15.3 Å². The van der Waals surface area contributed by atoms with Gasteiger partial charge in [-0.1, -0.05) is 35.9 Å². The van der Waals surface area contributed by atoms with Crippen molar-refractivity contribution >= 4 is 53.0 Å². The van der Waals surface area contributed by atoms with Crippen LogP contribution in [0.2, 0.25) is 5.02 Å². The van der Waals surface area contributed by atoms with E-state index in [1.165, 1.54) is 47.1 Å². The molecule has 2 aromatic carbocycles. The Kier molecular flexibility index (Phi) is 12.5. The second-order valence-electron chi connectivity index (χ2n) is 14.8. The van der Waals surface area contributed by atoms with Crippen LogP contribution in [-0.4, -0.2) is 100 Å². The summed E-state index contributed by atoms with van der Waals surface area (Å²) in [4.78, 5) is 91.1. The molecule has 53 heavy (non-hydrogen) atoms. The summed E-state index contributed by atoms with van der Waals surface area (Å²) in [5, 5.41) is 12.2. The monoisotopic (exact) mass is 757 g/mol. The van der Waals surface area contributed by atoms with Crippen molar-refractivity contribution in [3.63, 3.8) is 0 Å². The van der Waals surface area contributed by atoms with Gasteiger partial charge in [0.1, 0.15) is 23.3 Å². The number of ether oxygens (including phenoxy) is 4. The number of nitrogens with zero attached hydrogens (tertiary/aromatic N) is 3. The molecule has 2 aliphatic heterocycles. The first-order chi connectivity index (χ1) is 24.7. The van der Waals surface area contributed by atoms with Gasteiger partial charge in [-0.25, -0.2) is 19.2 Å². The zero-order valence-electron chi connectivity index (χ0n) is 30.8. The third-order valence-corrected chi connectivity index (χ3v) is 8.78. The first kappa shape index (κ1) is 40.7. The number of carbonyl (C=O) groups excluding carboxylic acids is 6. The SMILES string of the molecule is Cc1c(C(=O)COC(=O)[C@@H]2CCCN2C(=O)OC(C)(C)C)cc(Cl)c(-c2ccc(C(=O)COC(=O)[C@@H]3CCCN3C(=O)OC(C)(C)C)cc2)c1[N+](=O)[O-]. The largest absolute Gasteiger partial charge is 0.456 e. The highest BCUT2D eigenvalue weighted by Gasteiger charge is 2.39. The fraction of sp³-hybridized carbons (Fsp3) is 0.514. The molecular weight excluding hydrogens is 714 g/mol. The van der Waals surface area contributed by atoms with E-state index in [2.05, 4.69) is 0 Å². The maximum atomic E-state index is 13.2. The van der Waals surface area contributed by atoms with Crippen LogP contribution in [0, 0.1) is 17.0 Å². The molecule has 0 bridgehead atoms. The highest BCUT2D eigenvalue weighted by molar-refractivity contribution is 6.34. The van der Waals surface area contributed by atoms with Gasteiger partial charge in [-0.3, -0.25) is 29.5 Å². The number of esters is 2. The van der Waals surface area contributed by atoms with Gasteiger partial charge < -0.3 is 18.9 Å². The van der Waals surface area contributed by atoms with Crippen LogP contribution >= 0.6 is 11.6 Å². The van der Waals surface area contributed by atoms with Gasteiger partial charge in [0.05, 0.1) is 15.5 Å². The van der Waals surface area contributed by atoms with Crippen LogP contribution in [0.1, 0.15) is 93.5 Å². The van der Waals surface area contributed by atoms with Crippen molar-refractivity contribution < 1.29 is 52.6 Å². The van der Waals surface area contributed by atoms with Crippen molar-refractivity contribution in [2.45, 2.75) is 97.4 Å². The molecule has 15 nitrogen and oxygen atoms in total. The number of amides is 2. The molecule has 2 heterocycles. The predicted molar refractivity (Wildman–Crippen MR) is 191 cm³/mol. The lowest BCUT2D eigenvalue weighted by Crippen LogP contribution is -2.44. The van der Waals surface area contributed by atoms with E-state index in [0.717, 1.165) is 0 Å². The minimum Gasteiger partial charge on any atom is -0.456 e. The van der Waals surface area contributed by atoms with Gasteiger partial charge in [-0.2, -0.15) is 0 Å². The molecule has 2 aliphatic rings. The van der Waals surface area contributed by atoms with Gasteiger partial charge >= 0.3 is 24.1 Å². The molecule has 0 spiro atoms. The number of rotatable bonds is 10. The fourth-order valence-electron chi connectivity index (χ4n) is 6.08. The number of carbonyl (C=O) groups is 6. The van der Waals surface area contributed by atoms with Gasteiger partial charge in [-0.05, 0) is 85.8 Å². The van der Waals surface area contributed by atoms with Crippen molar-refractivity contribution in [2.75, 3.05) is 26.3 Å². The summed E-state index contributed by atoms with van der Waals surface area (Å²) in [6.07, 6.45) is 0.476. The molecule has 2 amide bonds. The summed E-state index contributed by atoms with van der Waals surface area (Å²) in [6, 6.07) is 5.09. The van der Waals surface area contributed by atoms with E-state index < -0.39 is 82.8 Å². The minimum absolute atomic E-state index is 0.00411. The predicted octanol–water partition coefficient (Wildman–Crippen LogP) is 6.47. The summed E-state index contributed by atoms with van der Waals surface area (Å²) < 4.78 is 21.2. The molecule has 2 fully saturated rings. The molecule has 0 N–H and O–H groups in total. The molecule has 0 aromatic heterocycles. The lowest BCUT2D eigenvalue weighted by atomic mass is 9.94. The van der Waals surface area contributed by atoms with Crippen LogP contribution in [0.3, 0.4) is 0 Å². The third kappa shape index (κ3) is 10.1. The molecule has 4 rings (SSSR count). The van der Waals surface area contributed by atoms with Crippen molar-refractivity contribution in [3.8, 4) is 11.1 Å². The number of benzene rings is 2. The van der Waals surface area contributed by atoms with E-state index >= 15 is 0 Å². The average molecular weight is 758 g/mol. The number of Topliss-reactive ketones (excluding diaryl/α,β-unsaturated/α-hetero) is 2. The van der Waals surface area contributed by atoms with Crippen LogP contribution in [0.25, 0.3) is 11.1 Å². The third-order valence-electron chi connectivity index (χ3n) is 8.48. The smallest absolute Gasteiger partial charge is 0.411 e. The Balaban J connectivity index is 1.43. The first-order valence-corrected chi connectivity index (χ1v) is 17.5. The van der Waals surface area contributed by atoms with Gasteiger partial charge in [0.2, 0.25) is 5.78 Å². The number of halogens is 1.